The molecule has 0 spiro atoms. The van der Waals surface area contributed by atoms with E-state index in [9.17, 15) is 14.7 Å². The number of carbonyl (C=O) groups is 2. The van der Waals surface area contributed by atoms with Crippen molar-refractivity contribution in [2.75, 3.05) is 4.90 Å². The fraction of sp³-hybridized carbons (Fsp3) is 0.0625. The topological polar surface area (TPSA) is 60.4 Å². The van der Waals surface area contributed by atoms with Crippen molar-refractivity contribution in [2.24, 2.45) is 0 Å². The molecule has 7 heteroatoms. The lowest BCUT2D eigenvalue weighted by atomic mass is 10.1. The first kappa shape index (κ1) is 15.9. The van der Waals surface area contributed by atoms with Crippen LogP contribution in [0.25, 0.3) is 6.08 Å². The Morgan fingerprint density at radius 1 is 1.35 bits per heavy atom. The van der Waals surface area contributed by atoms with Gasteiger partial charge in [0.25, 0.3) is 5.91 Å². The first-order valence-corrected chi connectivity index (χ1v) is 8.71. The fourth-order valence-corrected chi connectivity index (χ4v) is 4.18. The number of benzene rings is 1. The maximum absolute atomic E-state index is 12.6. The van der Waals surface area contributed by atoms with E-state index in [4.69, 9.17) is 12.2 Å². The number of carboxylic acid groups (broad SMARTS) is 1. The molecule has 0 N–H and O–H groups in total. The van der Waals surface area contributed by atoms with Crippen molar-refractivity contribution in [3.63, 3.8) is 0 Å². The molecule has 1 aliphatic heterocycles. The van der Waals surface area contributed by atoms with E-state index in [1.807, 2.05) is 17.5 Å². The summed E-state index contributed by atoms with van der Waals surface area (Å²) in [5.41, 5.74) is 1.07. The van der Waals surface area contributed by atoms with Crippen LogP contribution in [0.3, 0.4) is 0 Å². The summed E-state index contributed by atoms with van der Waals surface area (Å²) in [5.74, 6) is -1.52. The number of rotatable bonds is 3. The van der Waals surface area contributed by atoms with Crippen molar-refractivity contribution in [1.82, 2.24) is 0 Å². The smallest absolute Gasteiger partial charge is 0.270 e. The minimum Gasteiger partial charge on any atom is -0.545 e. The summed E-state index contributed by atoms with van der Waals surface area (Å²) >= 11 is 8.02. The van der Waals surface area contributed by atoms with E-state index >= 15 is 0 Å². The third-order valence-corrected chi connectivity index (χ3v) is 5.43. The van der Waals surface area contributed by atoms with E-state index in [1.165, 1.54) is 34.1 Å². The Labute approximate surface area is 146 Å². The third kappa shape index (κ3) is 3.08. The van der Waals surface area contributed by atoms with Gasteiger partial charge in [0.05, 0.1) is 16.6 Å². The van der Waals surface area contributed by atoms with Gasteiger partial charge in [-0.3, -0.25) is 9.69 Å². The molecule has 1 aromatic carbocycles. The molecular weight excluding hydrogens is 350 g/mol. The molecule has 1 fully saturated rings. The number of aromatic carboxylic acids is 1. The van der Waals surface area contributed by atoms with Gasteiger partial charge in [-0.1, -0.05) is 36.1 Å². The Hall–Kier alpha value is -1.96. The first-order valence-electron chi connectivity index (χ1n) is 6.61. The van der Waals surface area contributed by atoms with E-state index in [1.54, 1.807) is 25.1 Å². The quantitative estimate of drug-likeness (QED) is 0.622. The molecule has 4 nitrogen and oxygen atoms in total. The predicted octanol–water partition coefficient (Wildman–Crippen LogP) is 2.83. The molecular formula is C16H10NO3S3-. The Bertz CT molecular complexity index is 840. The highest BCUT2D eigenvalue weighted by Crippen LogP contribution is 2.37. The van der Waals surface area contributed by atoms with E-state index in [2.05, 4.69) is 0 Å². The number of thioether (sulfide) groups is 1. The number of thiocarbonyl (C=S) groups is 1. The van der Waals surface area contributed by atoms with Gasteiger partial charge in [0.1, 0.15) is 0 Å². The molecule has 1 amide bonds. The average Bonchev–Trinajstić information content (AvgIpc) is 3.09. The van der Waals surface area contributed by atoms with E-state index in [0.717, 1.165) is 4.88 Å². The molecule has 0 atom stereocenters. The highest BCUT2D eigenvalue weighted by atomic mass is 32.2. The maximum Gasteiger partial charge on any atom is 0.270 e. The summed E-state index contributed by atoms with van der Waals surface area (Å²) in [6, 6.07) is 8.56. The zero-order chi connectivity index (χ0) is 16.6. The SMILES string of the molecule is Cc1ccc(N2C(=O)/C(=C\c3cccs3)SC2=S)cc1C(=O)[O-]. The zero-order valence-corrected chi connectivity index (χ0v) is 14.4. The second kappa shape index (κ2) is 6.27. The van der Waals surface area contributed by atoms with Crippen LogP contribution in [0.4, 0.5) is 5.69 Å². The number of aryl methyl sites for hydroxylation is 1. The number of anilines is 1. The number of amides is 1. The molecule has 1 saturated heterocycles. The van der Waals surface area contributed by atoms with Gasteiger partial charge in [-0.2, -0.15) is 0 Å². The molecule has 116 valence electrons. The highest BCUT2D eigenvalue weighted by molar-refractivity contribution is 8.27. The Balaban J connectivity index is 1.98. The van der Waals surface area contributed by atoms with Crippen LogP contribution in [-0.4, -0.2) is 16.2 Å². The van der Waals surface area contributed by atoms with Crippen LogP contribution >= 0.6 is 35.3 Å². The van der Waals surface area contributed by atoms with Crippen molar-refractivity contribution in [2.45, 2.75) is 6.92 Å². The molecule has 1 aliphatic rings. The molecule has 0 aliphatic carbocycles. The van der Waals surface area contributed by atoms with E-state index < -0.39 is 5.97 Å². The summed E-state index contributed by atoms with van der Waals surface area (Å²) in [6.07, 6.45) is 1.79. The summed E-state index contributed by atoms with van der Waals surface area (Å²) in [7, 11) is 0. The molecule has 3 rings (SSSR count). The molecule has 0 saturated carbocycles. The molecule has 1 aromatic heterocycles. The van der Waals surface area contributed by atoms with Crippen LogP contribution in [0.15, 0.2) is 40.6 Å². The van der Waals surface area contributed by atoms with Crippen LogP contribution in [0, 0.1) is 6.92 Å². The molecule has 2 heterocycles. The average molecular weight is 360 g/mol. The van der Waals surface area contributed by atoms with Crippen LogP contribution < -0.4 is 10.0 Å². The lowest BCUT2D eigenvalue weighted by Crippen LogP contribution is -2.29. The monoisotopic (exact) mass is 360 g/mol. The number of hydrogen-bond acceptors (Lipinski definition) is 6. The Kier molecular flexibility index (Phi) is 4.34. The minimum atomic E-state index is -1.27. The zero-order valence-electron chi connectivity index (χ0n) is 11.9. The number of carboxylic acids is 1. The van der Waals surface area contributed by atoms with Crippen LogP contribution in [0.2, 0.25) is 0 Å². The molecule has 2 aromatic rings. The van der Waals surface area contributed by atoms with Crippen molar-refractivity contribution in [3.05, 3.63) is 56.6 Å². The maximum atomic E-state index is 12.6. The first-order chi connectivity index (χ1) is 11.0. The number of hydrogen-bond donors (Lipinski definition) is 0. The van der Waals surface area contributed by atoms with Crippen LogP contribution in [0.5, 0.6) is 0 Å². The van der Waals surface area contributed by atoms with Gasteiger partial charge >= 0.3 is 0 Å². The van der Waals surface area contributed by atoms with Gasteiger partial charge in [0.2, 0.25) is 0 Å². The van der Waals surface area contributed by atoms with Gasteiger partial charge in [0, 0.05) is 10.4 Å². The Morgan fingerprint density at radius 3 is 2.78 bits per heavy atom. The lowest BCUT2D eigenvalue weighted by Gasteiger charge is -2.17. The summed E-state index contributed by atoms with van der Waals surface area (Å²) in [5, 5.41) is 13.1. The van der Waals surface area contributed by atoms with Gasteiger partial charge in [0.15, 0.2) is 4.32 Å². The van der Waals surface area contributed by atoms with Crippen molar-refractivity contribution in [3.8, 4) is 0 Å². The summed E-state index contributed by atoms with van der Waals surface area (Å²) in [4.78, 5) is 26.6. The largest absolute Gasteiger partial charge is 0.545 e. The predicted molar refractivity (Wildman–Crippen MR) is 95.5 cm³/mol. The third-order valence-electron chi connectivity index (χ3n) is 3.31. The second-order valence-corrected chi connectivity index (χ2v) is 7.47. The summed E-state index contributed by atoms with van der Waals surface area (Å²) in [6.45, 7) is 1.68. The second-order valence-electron chi connectivity index (χ2n) is 4.82. The molecule has 0 radical (unpaired) electrons. The molecule has 0 unspecified atom stereocenters. The number of thiophene rings is 1. The number of nitrogens with zero attached hydrogens (tertiary/aromatic N) is 1. The Morgan fingerprint density at radius 2 is 2.13 bits per heavy atom. The summed E-state index contributed by atoms with van der Waals surface area (Å²) < 4.78 is 0.381. The molecule has 23 heavy (non-hydrogen) atoms. The van der Waals surface area contributed by atoms with Crippen molar-refractivity contribution >= 4 is 63.3 Å². The van der Waals surface area contributed by atoms with Gasteiger partial charge in [-0.25, -0.2) is 0 Å². The van der Waals surface area contributed by atoms with E-state index in [-0.39, 0.29) is 11.5 Å². The van der Waals surface area contributed by atoms with Crippen LogP contribution in [0.1, 0.15) is 20.8 Å². The van der Waals surface area contributed by atoms with Gasteiger partial charge < -0.3 is 9.90 Å². The lowest BCUT2D eigenvalue weighted by molar-refractivity contribution is -0.255. The van der Waals surface area contributed by atoms with Crippen molar-refractivity contribution in [1.29, 1.82) is 0 Å². The van der Waals surface area contributed by atoms with Crippen LogP contribution in [-0.2, 0) is 4.79 Å². The highest BCUT2D eigenvalue weighted by Gasteiger charge is 2.33. The molecule has 0 bridgehead atoms. The fourth-order valence-electron chi connectivity index (χ4n) is 2.16. The van der Waals surface area contributed by atoms with E-state index in [0.29, 0.717) is 20.5 Å². The minimum absolute atomic E-state index is 0.0544. The normalized spacial score (nSPS) is 16.4. The van der Waals surface area contributed by atoms with Crippen molar-refractivity contribution < 1.29 is 14.7 Å². The number of carbonyl (C=O) groups excluding carboxylic acids is 2. The van der Waals surface area contributed by atoms with Gasteiger partial charge in [-0.05, 0) is 42.1 Å². The van der Waals surface area contributed by atoms with Gasteiger partial charge in [-0.15, -0.1) is 11.3 Å². The standard InChI is InChI=1S/C16H11NO3S3/c1-9-4-5-10(7-12(9)15(19)20)17-14(18)13(23-16(17)21)8-11-3-2-6-22-11/h2-8H,1H3,(H,19,20)/p-1/b13-8+.